The summed E-state index contributed by atoms with van der Waals surface area (Å²) in [6.07, 6.45) is 8.22. The van der Waals surface area contributed by atoms with Gasteiger partial charge in [-0.15, -0.1) is 11.3 Å². The molecule has 2 aromatic rings. The van der Waals surface area contributed by atoms with Crippen LogP contribution in [0.5, 0.6) is 0 Å². The van der Waals surface area contributed by atoms with Crippen molar-refractivity contribution in [3.8, 4) is 0 Å². The van der Waals surface area contributed by atoms with Gasteiger partial charge in [-0.25, -0.2) is 4.98 Å². The SMILES string of the molecule is c1cn2cc(CNCC3CCCCO3)nc2s1. The number of nitrogens with one attached hydrogen (secondary N) is 1. The zero-order chi connectivity index (χ0) is 11.5. The molecule has 1 aliphatic heterocycles. The second-order valence-electron chi connectivity index (χ2n) is 4.44. The molecule has 0 radical (unpaired) electrons. The van der Waals surface area contributed by atoms with Crippen molar-refractivity contribution < 1.29 is 4.74 Å². The maximum atomic E-state index is 5.67. The lowest BCUT2D eigenvalue weighted by molar-refractivity contribution is 0.0167. The van der Waals surface area contributed by atoms with Crippen LogP contribution in [0.3, 0.4) is 0 Å². The van der Waals surface area contributed by atoms with Crippen molar-refractivity contribution in [2.75, 3.05) is 13.2 Å². The zero-order valence-corrected chi connectivity index (χ0v) is 10.6. The van der Waals surface area contributed by atoms with Crippen molar-refractivity contribution in [2.24, 2.45) is 0 Å². The number of hydrogen-bond acceptors (Lipinski definition) is 4. The van der Waals surface area contributed by atoms with E-state index in [1.807, 2.05) is 6.20 Å². The van der Waals surface area contributed by atoms with Crippen LogP contribution in [0, 0.1) is 0 Å². The molecule has 0 saturated carbocycles. The van der Waals surface area contributed by atoms with Crippen molar-refractivity contribution >= 4 is 16.3 Å². The highest BCUT2D eigenvalue weighted by molar-refractivity contribution is 7.15. The largest absolute Gasteiger partial charge is 0.377 e. The lowest BCUT2D eigenvalue weighted by Crippen LogP contribution is -2.31. The van der Waals surface area contributed by atoms with Gasteiger partial charge in [0.2, 0.25) is 0 Å². The normalized spacial score (nSPS) is 21.1. The van der Waals surface area contributed by atoms with E-state index in [0.717, 1.165) is 30.4 Å². The van der Waals surface area contributed by atoms with Gasteiger partial charge in [-0.3, -0.25) is 4.40 Å². The van der Waals surface area contributed by atoms with Crippen LogP contribution in [-0.4, -0.2) is 28.6 Å². The molecule has 1 fully saturated rings. The minimum atomic E-state index is 0.396. The van der Waals surface area contributed by atoms with Crippen molar-refractivity contribution in [2.45, 2.75) is 31.9 Å². The summed E-state index contributed by atoms with van der Waals surface area (Å²) >= 11 is 1.67. The van der Waals surface area contributed by atoms with E-state index in [9.17, 15) is 0 Å². The Morgan fingerprint density at radius 1 is 1.53 bits per heavy atom. The Bertz CT molecular complexity index is 444. The quantitative estimate of drug-likeness (QED) is 0.904. The van der Waals surface area contributed by atoms with Crippen LogP contribution in [0.4, 0.5) is 0 Å². The van der Waals surface area contributed by atoms with Crippen LogP contribution in [0.25, 0.3) is 4.96 Å². The molecule has 2 aromatic heterocycles. The second kappa shape index (κ2) is 5.16. The predicted molar refractivity (Wildman–Crippen MR) is 68.4 cm³/mol. The number of nitrogens with zero attached hydrogens (tertiary/aromatic N) is 2. The lowest BCUT2D eigenvalue weighted by Gasteiger charge is -2.22. The smallest absolute Gasteiger partial charge is 0.193 e. The van der Waals surface area contributed by atoms with Gasteiger partial charge in [-0.1, -0.05) is 0 Å². The molecule has 1 unspecified atom stereocenters. The van der Waals surface area contributed by atoms with Gasteiger partial charge in [-0.05, 0) is 19.3 Å². The van der Waals surface area contributed by atoms with Gasteiger partial charge in [0.05, 0.1) is 11.8 Å². The van der Waals surface area contributed by atoms with Gasteiger partial charge in [0.1, 0.15) is 0 Å². The van der Waals surface area contributed by atoms with Crippen LogP contribution in [0.15, 0.2) is 17.8 Å². The molecular formula is C12H17N3OS. The van der Waals surface area contributed by atoms with E-state index in [4.69, 9.17) is 4.74 Å². The van der Waals surface area contributed by atoms with E-state index in [2.05, 4.69) is 26.3 Å². The minimum absolute atomic E-state index is 0.396. The van der Waals surface area contributed by atoms with Gasteiger partial charge < -0.3 is 10.1 Å². The molecule has 3 heterocycles. The number of aromatic nitrogens is 2. The molecule has 0 spiro atoms. The average molecular weight is 251 g/mol. The van der Waals surface area contributed by atoms with Gasteiger partial charge in [0.25, 0.3) is 0 Å². The molecule has 5 heteroatoms. The third-order valence-corrected chi connectivity index (χ3v) is 3.87. The molecule has 0 aromatic carbocycles. The lowest BCUT2D eigenvalue weighted by atomic mass is 10.1. The first kappa shape index (κ1) is 11.2. The zero-order valence-electron chi connectivity index (χ0n) is 9.76. The monoisotopic (exact) mass is 251 g/mol. The van der Waals surface area contributed by atoms with Crippen molar-refractivity contribution in [3.05, 3.63) is 23.5 Å². The molecule has 3 rings (SSSR count). The molecule has 0 amide bonds. The molecule has 1 saturated heterocycles. The Hall–Kier alpha value is -0.910. The van der Waals surface area contributed by atoms with E-state index in [1.165, 1.54) is 19.3 Å². The highest BCUT2D eigenvalue weighted by atomic mass is 32.1. The van der Waals surface area contributed by atoms with E-state index >= 15 is 0 Å². The average Bonchev–Trinajstić information content (AvgIpc) is 2.91. The predicted octanol–water partition coefficient (Wildman–Crippen LogP) is 2.05. The fourth-order valence-corrected chi connectivity index (χ4v) is 2.91. The van der Waals surface area contributed by atoms with Gasteiger partial charge in [0, 0.05) is 37.5 Å². The molecular weight excluding hydrogens is 234 g/mol. The van der Waals surface area contributed by atoms with Crippen LogP contribution >= 0.6 is 11.3 Å². The van der Waals surface area contributed by atoms with E-state index < -0.39 is 0 Å². The first-order valence-electron chi connectivity index (χ1n) is 6.15. The fourth-order valence-electron chi connectivity index (χ4n) is 2.19. The van der Waals surface area contributed by atoms with Crippen LogP contribution < -0.4 is 5.32 Å². The summed E-state index contributed by atoms with van der Waals surface area (Å²) in [6, 6.07) is 0. The molecule has 4 nitrogen and oxygen atoms in total. The van der Waals surface area contributed by atoms with Crippen molar-refractivity contribution in [1.82, 2.24) is 14.7 Å². The molecule has 1 aliphatic rings. The standard InChI is InChI=1S/C12H17N3OS/c1-2-5-16-11(3-1)8-13-7-10-9-15-4-6-17-12(15)14-10/h4,6,9,11,13H,1-3,5,7-8H2. The Morgan fingerprint density at radius 2 is 2.53 bits per heavy atom. The first-order chi connectivity index (χ1) is 8.42. The maximum absolute atomic E-state index is 5.67. The third kappa shape index (κ3) is 2.68. The van der Waals surface area contributed by atoms with Crippen molar-refractivity contribution in [1.29, 1.82) is 0 Å². The van der Waals surface area contributed by atoms with Crippen LogP contribution in [-0.2, 0) is 11.3 Å². The van der Waals surface area contributed by atoms with Gasteiger partial charge in [-0.2, -0.15) is 0 Å². The third-order valence-electron chi connectivity index (χ3n) is 3.10. The summed E-state index contributed by atoms with van der Waals surface area (Å²) in [7, 11) is 0. The van der Waals surface area contributed by atoms with E-state index in [1.54, 1.807) is 11.3 Å². The Balaban J connectivity index is 1.49. The summed E-state index contributed by atoms with van der Waals surface area (Å²) in [4.78, 5) is 5.60. The summed E-state index contributed by atoms with van der Waals surface area (Å²) in [5.41, 5.74) is 1.10. The molecule has 17 heavy (non-hydrogen) atoms. The summed E-state index contributed by atoms with van der Waals surface area (Å²) in [5.74, 6) is 0. The number of imidazole rings is 1. The Morgan fingerprint density at radius 3 is 3.35 bits per heavy atom. The van der Waals surface area contributed by atoms with Gasteiger partial charge in [0.15, 0.2) is 4.96 Å². The maximum Gasteiger partial charge on any atom is 0.193 e. The van der Waals surface area contributed by atoms with Crippen LogP contribution in [0.1, 0.15) is 25.0 Å². The highest BCUT2D eigenvalue weighted by Crippen LogP contribution is 2.13. The minimum Gasteiger partial charge on any atom is -0.377 e. The summed E-state index contributed by atoms with van der Waals surface area (Å²) in [5, 5.41) is 5.48. The van der Waals surface area contributed by atoms with Crippen LogP contribution in [0.2, 0.25) is 0 Å². The second-order valence-corrected chi connectivity index (χ2v) is 5.32. The summed E-state index contributed by atoms with van der Waals surface area (Å²) < 4.78 is 7.74. The number of ether oxygens (including phenoxy) is 1. The highest BCUT2D eigenvalue weighted by Gasteiger charge is 2.13. The molecule has 92 valence electrons. The van der Waals surface area contributed by atoms with Crippen molar-refractivity contribution in [3.63, 3.8) is 0 Å². The fraction of sp³-hybridized carbons (Fsp3) is 0.583. The Kier molecular flexibility index (Phi) is 3.40. The van der Waals surface area contributed by atoms with E-state index in [0.29, 0.717) is 6.10 Å². The molecule has 0 aliphatic carbocycles. The first-order valence-corrected chi connectivity index (χ1v) is 7.03. The molecule has 0 bridgehead atoms. The molecule has 1 atom stereocenters. The van der Waals surface area contributed by atoms with Gasteiger partial charge >= 0.3 is 0 Å². The summed E-state index contributed by atoms with van der Waals surface area (Å²) in [6.45, 7) is 2.69. The Labute approximate surface area is 105 Å². The number of thiazole rings is 1. The molecule has 1 N–H and O–H groups in total. The van der Waals surface area contributed by atoms with E-state index in [-0.39, 0.29) is 0 Å². The number of rotatable bonds is 4. The topological polar surface area (TPSA) is 38.6 Å². The number of fused-ring (bicyclic) bond motifs is 1. The number of hydrogen-bond donors (Lipinski definition) is 1.